The highest BCUT2D eigenvalue weighted by Gasteiger charge is 2.25. The second-order valence-corrected chi connectivity index (χ2v) is 7.21. The van der Waals surface area contributed by atoms with Crippen molar-refractivity contribution in [1.82, 2.24) is 14.9 Å². The number of piperazine rings is 1. The van der Waals surface area contributed by atoms with E-state index in [4.69, 9.17) is 9.47 Å². The van der Waals surface area contributed by atoms with Crippen molar-refractivity contribution in [1.29, 1.82) is 0 Å². The number of hydrogen-bond donors (Lipinski definition) is 1. The maximum absolute atomic E-state index is 9.25. The Kier molecular flexibility index (Phi) is 5.13. The molecule has 1 aromatic heterocycles. The third-order valence-electron chi connectivity index (χ3n) is 5.52. The second kappa shape index (κ2) is 7.70. The maximum Gasteiger partial charge on any atom is 0.231 e. The summed E-state index contributed by atoms with van der Waals surface area (Å²) < 4.78 is 10.9. The van der Waals surface area contributed by atoms with Crippen molar-refractivity contribution in [2.45, 2.75) is 25.8 Å². The van der Waals surface area contributed by atoms with Crippen LogP contribution < -0.4 is 14.4 Å². The van der Waals surface area contributed by atoms with Crippen molar-refractivity contribution < 1.29 is 14.6 Å². The molecule has 0 amide bonds. The van der Waals surface area contributed by atoms with E-state index in [0.717, 1.165) is 49.2 Å². The van der Waals surface area contributed by atoms with E-state index in [-0.39, 0.29) is 12.5 Å². The van der Waals surface area contributed by atoms with E-state index in [0.29, 0.717) is 12.8 Å². The summed E-state index contributed by atoms with van der Waals surface area (Å²) in [4.78, 5) is 13.7. The molecule has 7 heteroatoms. The van der Waals surface area contributed by atoms with Crippen LogP contribution in [0.15, 0.2) is 30.6 Å². The lowest BCUT2D eigenvalue weighted by Gasteiger charge is -2.38. The lowest BCUT2D eigenvalue weighted by Crippen LogP contribution is -2.47. The van der Waals surface area contributed by atoms with Crippen molar-refractivity contribution in [2.75, 3.05) is 44.5 Å². The lowest BCUT2D eigenvalue weighted by molar-refractivity contribution is 0.173. The summed E-state index contributed by atoms with van der Waals surface area (Å²) >= 11 is 0. The van der Waals surface area contributed by atoms with Crippen LogP contribution in [0, 0.1) is 0 Å². The number of nitrogens with zero attached hydrogens (tertiary/aromatic N) is 4. The average Bonchev–Trinajstić information content (AvgIpc) is 3.21. The van der Waals surface area contributed by atoms with Crippen molar-refractivity contribution in [3.8, 4) is 11.5 Å². The molecule has 3 heterocycles. The molecule has 1 unspecified atom stereocenters. The highest BCUT2D eigenvalue weighted by molar-refractivity contribution is 5.45. The molecule has 1 fully saturated rings. The predicted molar refractivity (Wildman–Crippen MR) is 102 cm³/mol. The molecule has 0 saturated carbocycles. The van der Waals surface area contributed by atoms with Crippen LogP contribution in [0.4, 0.5) is 5.95 Å². The molecule has 0 spiro atoms. The van der Waals surface area contributed by atoms with Crippen molar-refractivity contribution >= 4 is 5.95 Å². The van der Waals surface area contributed by atoms with Gasteiger partial charge < -0.3 is 19.5 Å². The Morgan fingerprint density at radius 2 is 1.70 bits per heavy atom. The zero-order valence-electron chi connectivity index (χ0n) is 15.8. The van der Waals surface area contributed by atoms with Gasteiger partial charge in [0.1, 0.15) is 0 Å². The van der Waals surface area contributed by atoms with Crippen molar-refractivity contribution in [3.63, 3.8) is 0 Å². The minimum Gasteiger partial charge on any atom is -0.454 e. The molecule has 1 aromatic carbocycles. The summed E-state index contributed by atoms with van der Waals surface area (Å²) in [6.45, 7) is 8.30. The fraction of sp³-hybridized carbons (Fsp3) is 0.500. The number of aliphatic hydroxyl groups is 1. The molecule has 1 N–H and O–H groups in total. The predicted octanol–water partition coefficient (Wildman–Crippen LogP) is 2.18. The highest BCUT2D eigenvalue weighted by Crippen LogP contribution is 2.35. The number of rotatable bonds is 5. The molecule has 0 bridgehead atoms. The molecule has 1 saturated heterocycles. The Morgan fingerprint density at radius 1 is 1.00 bits per heavy atom. The van der Waals surface area contributed by atoms with Crippen LogP contribution in [0.5, 0.6) is 11.5 Å². The van der Waals surface area contributed by atoms with E-state index < -0.39 is 0 Å². The van der Waals surface area contributed by atoms with Crippen molar-refractivity contribution in [2.24, 2.45) is 0 Å². The Labute approximate surface area is 159 Å². The molecule has 2 aliphatic heterocycles. The first kappa shape index (κ1) is 18.0. The van der Waals surface area contributed by atoms with Gasteiger partial charge >= 0.3 is 0 Å². The smallest absolute Gasteiger partial charge is 0.231 e. The van der Waals surface area contributed by atoms with Gasteiger partial charge in [-0.3, -0.25) is 4.90 Å². The molecule has 0 radical (unpaired) electrons. The van der Waals surface area contributed by atoms with Gasteiger partial charge in [-0.2, -0.15) is 0 Å². The van der Waals surface area contributed by atoms with Crippen LogP contribution >= 0.6 is 0 Å². The third kappa shape index (κ3) is 3.70. The number of hydrogen-bond acceptors (Lipinski definition) is 7. The summed E-state index contributed by atoms with van der Waals surface area (Å²) in [6, 6.07) is 6.51. The molecule has 7 nitrogen and oxygen atoms in total. The highest BCUT2D eigenvalue weighted by atomic mass is 16.7. The van der Waals surface area contributed by atoms with Crippen LogP contribution in [0.25, 0.3) is 0 Å². The fourth-order valence-electron chi connectivity index (χ4n) is 3.55. The normalized spacial score (nSPS) is 19.1. The first-order chi connectivity index (χ1) is 13.2. The first-order valence-corrected chi connectivity index (χ1v) is 9.47. The number of anilines is 1. The zero-order chi connectivity index (χ0) is 18.8. The summed E-state index contributed by atoms with van der Waals surface area (Å²) in [7, 11) is 0. The Balaban J connectivity index is 1.37. The molecule has 4 rings (SSSR count). The molecule has 2 aliphatic rings. The van der Waals surface area contributed by atoms with Gasteiger partial charge in [0.2, 0.25) is 12.7 Å². The molecule has 0 aliphatic carbocycles. The van der Waals surface area contributed by atoms with Crippen molar-refractivity contribution in [3.05, 3.63) is 41.7 Å². The van der Waals surface area contributed by atoms with E-state index >= 15 is 0 Å². The molecule has 2 atom stereocenters. The largest absolute Gasteiger partial charge is 0.454 e. The van der Waals surface area contributed by atoms with Gasteiger partial charge in [0.05, 0.1) is 0 Å². The van der Waals surface area contributed by atoms with Gasteiger partial charge in [0, 0.05) is 57.1 Å². The van der Waals surface area contributed by atoms with E-state index in [9.17, 15) is 5.11 Å². The monoisotopic (exact) mass is 370 g/mol. The number of fused-ring (bicyclic) bond motifs is 1. The topological polar surface area (TPSA) is 71.0 Å². The van der Waals surface area contributed by atoms with Crippen LogP contribution in [0.3, 0.4) is 0 Å². The Bertz CT molecular complexity index is 775. The van der Waals surface area contributed by atoms with Crippen LogP contribution in [-0.4, -0.2) is 59.6 Å². The van der Waals surface area contributed by atoms with Crippen LogP contribution in [0.2, 0.25) is 0 Å². The fourth-order valence-corrected chi connectivity index (χ4v) is 3.55. The third-order valence-corrected chi connectivity index (χ3v) is 5.52. The van der Waals surface area contributed by atoms with Gasteiger partial charge in [-0.1, -0.05) is 13.0 Å². The van der Waals surface area contributed by atoms with E-state index in [1.54, 1.807) is 0 Å². The lowest BCUT2D eigenvalue weighted by atomic mass is 10.1. The summed E-state index contributed by atoms with van der Waals surface area (Å²) in [5, 5.41) is 9.25. The van der Waals surface area contributed by atoms with Crippen LogP contribution in [-0.2, 0) is 0 Å². The standard InChI is InChI=1S/C20H26N4O3/c1-14(12-25)17-10-21-20(22-11-17)24-7-5-23(6-8-24)15(2)16-3-4-18-19(9-16)27-13-26-18/h3-4,9-11,14-15,25H,5-8,12-13H2,1-2H3/t14?,15-/m0/s1. The Hall–Kier alpha value is -2.38. The van der Waals surface area contributed by atoms with Gasteiger partial charge in [-0.05, 0) is 30.2 Å². The summed E-state index contributed by atoms with van der Waals surface area (Å²) in [6.07, 6.45) is 3.65. The SMILES string of the molecule is CC(CO)c1cnc(N2CCN([C@@H](C)c3ccc4c(c3)OCO4)CC2)nc1. The van der Waals surface area contributed by atoms with E-state index in [1.165, 1.54) is 5.56 Å². The number of aromatic nitrogens is 2. The average molecular weight is 370 g/mol. The number of ether oxygens (including phenoxy) is 2. The molecular formula is C20H26N4O3. The quantitative estimate of drug-likeness (QED) is 0.865. The maximum atomic E-state index is 9.25. The molecular weight excluding hydrogens is 344 g/mol. The van der Waals surface area contributed by atoms with Gasteiger partial charge in [-0.25, -0.2) is 9.97 Å². The minimum atomic E-state index is 0.0680. The van der Waals surface area contributed by atoms with E-state index in [2.05, 4.69) is 38.8 Å². The summed E-state index contributed by atoms with van der Waals surface area (Å²) in [5.41, 5.74) is 2.21. The minimum absolute atomic E-state index is 0.0680. The summed E-state index contributed by atoms with van der Waals surface area (Å²) in [5.74, 6) is 2.49. The number of benzene rings is 1. The Morgan fingerprint density at radius 3 is 2.41 bits per heavy atom. The molecule has 144 valence electrons. The van der Waals surface area contributed by atoms with E-state index in [1.807, 2.05) is 25.4 Å². The van der Waals surface area contributed by atoms with Gasteiger partial charge in [0.15, 0.2) is 11.5 Å². The molecule has 27 heavy (non-hydrogen) atoms. The molecule has 2 aromatic rings. The van der Waals surface area contributed by atoms with Crippen LogP contribution in [0.1, 0.15) is 36.9 Å². The first-order valence-electron chi connectivity index (χ1n) is 9.47. The van der Waals surface area contributed by atoms with Gasteiger partial charge in [-0.15, -0.1) is 0 Å². The second-order valence-electron chi connectivity index (χ2n) is 7.21. The zero-order valence-corrected chi connectivity index (χ0v) is 15.8. The number of aliphatic hydroxyl groups excluding tert-OH is 1. The van der Waals surface area contributed by atoms with Gasteiger partial charge in [0.25, 0.3) is 0 Å².